The molecule has 0 amide bonds. The summed E-state index contributed by atoms with van der Waals surface area (Å²) >= 11 is 0. The Morgan fingerprint density at radius 1 is 1.33 bits per heavy atom. The monoisotopic (exact) mass is 250 g/mol. The summed E-state index contributed by atoms with van der Waals surface area (Å²) in [5.41, 5.74) is -0.606. The van der Waals surface area contributed by atoms with Gasteiger partial charge in [0.25, 0.3) is 5.56 Å². The Balaban J connectivity index is 1.71. The Bertz CT molecular complexity index is 540. The van der Waals surface area contributed by atoms with Gasteiger partial charge in [-0.3, -0.25) is 14.3 Å². The molecule has 1 spiro atoms. The molecule has 0 aromatic carbocycles. The number of ether oxygens (including phenoxy) is 1. The smallest absolute Gasteiger partial charge is 0.328 e. The third-order valence-electron chi connectivity index (χ3n) is 4.15. The van der Waals surface area contributed by atoms with Crippen LogP contribution in [-0.2, 0) is 11.3 Å². The SMILES string of the molecule is O=c1ccn(CC2CCC3(CCCC3)O2)c(=O)[nH]1. The van der Waals surface area contributed by atoms with Crippen LogP contribution in [0.15, 0.2) is 21.9 Å². The molecule has 1 aromatic rings. The molecule has 1 atom stereocenters. The van der Waals surface area contributed by atoms with Crippen molar-refractivity contribution in [2.24, 2.45) is 0 Å². The maximum atomic E-state index is 11.6. The number of hydrogen-bond donors (Lipinski definition) is 1. The van der Waals surface area contributed by atoms with Gasteiger partial charge in [-0.05, 0) is 25.7 Å². The predicted octanol–water partition coefficient (Wildman–Crippen LogP) is 1.03. The minimum atomic E-state index is -0.351. The molecule has 18 heavy (non-hydrogen) atoms. The van der Waals surface area contributed by atoms with E-state index in [9.17, 15) is 9.59 Å². The van der Waals surface area contributed by atoms with Crippen LogP contribution in [0.1, 0.15) is 38.5 Å². The number of aromatic amines is 1. The fourth-order valence-electron chi connectivity index (χ4n) is 3.22. The molecule has 2 heterocycles. The molecule has 98 valence electrons. The van der Waals surface area contributed by atoms with Crippen LogP contribution < -0.4 is 11.2 Å². The third kappa shape index (κ3) is 2.14. The van der Waals surface area contributed by atoms with Crippen molar-refractivity contribution in [2.45, 2.75) is 56.8 Å². The molecule has 1 unspecified atom stereocenters. The number of nitrogens with one attached hydrogen (secondary N) is 1. The van der Waals surface area contributed by atoms with Crippen molar-refractivity contribution >= 4 is 0 Å². The van der Waals surface area contributed by atoms with Gasteiger partial charge in [0, 0.05) is 12.3 Å². The summed E-state index contributed by atoms with van der Waals surface area (Å²) in [5, 5.41) is 0. The molecule has 1 saturated carbocycles. The fraction of sp³-hybridized carbons (Fsp3) is 0.692. The van der Waals surface area contributed by atoms with E-state index in [2.05, 4.69) is 4.98 Å². The highest BCUT2D eigenvalue weighted by molar-refractivity contribution is 4.93. The Kier molecular flexibility index (Phi) is 2.86. The van der Waals surface area contributed by atoms with Crippen LogP contribution in [-0.4, -0.2) is 21.3 Å². The summed E-state index contributed by atoms with van der Waals surface area (Å²) in [6.07, 6.45) is 8.59. The first-order valence-electron chi connectivity index (χ1n) is 6.65. The zero-order chi connectivity index (χ0) is 12.6. The van der Waals surface area contributed by atoms with Crippen LogP contribution in [0.2, 0.25) is 0 Å². The third-order valence-corrected chi connectivity index (χ3v) is 4.15. The quantitative estimate of drug-likeness (QED) is 0.852. The highest BCUT2D eigenvalue weighted by Crippen LogP contribution is 2.43. The highest BCUT2D eigenvalue weighted by atomic mass is 16.5. The number of aromatic nitrogens is 2. The second-order valence-corrected chi connectivity index (χ2v) is 5.43. The number of H-pyrrole nitrogens is 1. The first-order chi connectivity index (χ1) is 8.67. The summed E-state index contributed by atoms with van der Waals surface area (Å²) in [7, 11) is 0. The molecule has 1 aliphatic heterocycles. The second kappa shape index (κ2) is 4.39. The molecule has 3 rings (SSSR count). The van der Waals surface area contributed by atoms with Gasteiger partial charge in [0.15, 0.2) is 0 Å². The summed E-state index contributed by atoms with van der Waals surface area (Å²) in [5.74, 6) is 0. The van der Waals surface area contributed by atoms with Crippen LogP contribution in [0.3, 0.4) is 0 Å². The van der Waals surface area contributed by atoms with Gasteiger partial charge in [0.1, 0.15) is 0 Å². The van der Waals surface area contributed by atoms with Gasteiger partial charge < -0.3 is 4.74 Å². The Labute approximate surface area is 105 Å². The van der Waals surface area contributed by atoms with Gasteiger partial charge in [-0.2, -0.15) is 0 Å². The van der Waals surface area contributed by atoms with E-state index >= 15 is 0 Å². The Hall–Kier alpha value is -1.36. The predicted molar refractivity (Wildman–Crippen MR) is 66.6 cm³/mol. The first kappa shape index (κ1) is 11.7. The average Bonchev–Trinajstić information content (AvgIpc) is 2.94. The van der Waals surface area contributed by atoms with Crippen molar-refractivity contribution in [2.75, 3.05) is 0 Å². The lowest BCUT2D eigenvalue weighted by Crippen LogP contribution is -2.33. The standard InChI is InChI=1S/C13H18N2O3/c16-11-4-8-15(12(17)14-11)9-10-3-7-13(18-10)5-1-2-6-13/h4,8,10H,1-3,5-7,9H2,(H,14,16,17). The van der Waals surface area contributed by atoms with Crippen LogP contribution in [0.25, 0.3) is 0 Å². The van der Waals surface area contributed by atoms with Crippen LogP contribution >= 0.6 is 0 Å². The normalized spacial score (nSPS) is 25.9. The summed E-state index contributed by atoms with van der Waals surface area (Å²) in [6, 6.07) is 1.38. The second-order valence-electron chi connectivity index (χ2n) is 5.43. The van der Waals surface area contributed by atoms with Crippen molar-refractivity contribution in [3.05, 3.63) is 33.1 Å². The largest absolute Gasteiger partial charge is 0.370 e. The molecule has 5 heteroatoms. The molecular weight excluding hydrogens is 232 g/mol. The molecule has 5 nitrogen and oxygen atoms in total. The Morgan fingerprint density at radius 2 is 2.11 bits per heavy atom. The maximum absolute atomic E-state index is 11.6. The minimum Gasteiger partial charge on any atom is -0.370 e. The van der Waals surface area contributed by atoms with Crippen molar-refractivity contribution in [3.63, 3.8) is 0 Å². The Morgan fingerprint density at radius 3 is 2.83 bits per heavy atom. The van der Waals surface area contributed by atoms with Crippen molar-refractivity contribution in [1.82, 2.24) is 9.55 Å². The molecule has 0 radical (unpaired) electrons. The van der Waals surface area contributed by atoms with Gasteiger partial charge in [0.05, 0.1) is 18.2 Å². The summed E-state index contributed by atoms with van der Waals surface area (Å²) < 4.78 is 7.68. The van der Waals surface area contributed by atoms with Crippen LogP contribution in [0.4, 0.5) is 0 Å². The first-order valence-corrected chi connectivity index (χ1v) is 6.65. The lowest BCUT2D eigenvalue weighted by molar-refractivity contribution is -0.0422. The topological polar surface area (TPSA) is 64.1 Å². The number of nitrogens with zero attached hydrogens (tertiary/aromatic N) is 1. The zero-order valence-electron chi connectivity index (χ0n) is 10.4. The van der Waals surface area contributed by atoms with E-state index in [1.807, 2.05) is 0 Å². The van der Waals surface area contributed by atoms with Gasteiger partial charge in [-0.25, -0.2) is 4.79 Å². The fourth-order valence-corrected chi connectivity index (χ4v) is 3.22. The van der Waals surface area contributed by atoms with E-state index in [0.717, 1.165) is 25.7 Å². The van der Waals surface area contributed by atoms with Gasteiger partial charge >= 0.3 is 5.69 Å². The van der Waals surface area contributed by atoms with Gasteiger partial charge in [-0.15, -0.1) is 0 Å². The van der Waals surface area contributed by atoms with E-state index in [1.54, 1.807) is 6.20 Å². The van der Waals surface area contributed by atoms with E-state index in [1.165, 1.54) is 23.5 Å². The molecule has 2 aliphatic rings. The van der Waals surface area contributed by atoms with Crippen LogP contribution in [0, 0.1) is 0 Å². The van der Waals surface area contributed by atoms with E-state index in [4.69, 9.17) is 4.74 Å². The molecule has 0 bridgehead atoms. The molecule has 1 saturated heterocycles. The molecule has 1 N–H and O–H groups in total. The number of hydrogen-bond acceptors (Lipinski definition) is 3. The van der Waals surface area contributed by atoms with E-state index in [0.29, 0.717) is 6.54 Å². The van der Waals surface area contributed by atoms with E-state index in [-0.39, 0.29) is 23.0 Å². The van der Waals surface area contributed by atoms with Crippen molar-refractivity contribution < 1.29 is 4.74 Å². The molecule has 2 fully saturated rings. The maximum Gasteiger partial charge on any atom is 0.328 e. The molecular formula is C13H18N2O3. The van der Waals surface area contributed by atoms with Crippen LogP contribution in [0.5, 0.6) is 0 Å². The van der Waals surface area contributed by atoms with Crippen molar-refractivity contribution in [1.29, 1.82) is 0 Å². The average molecular weight is 250 g/mol. The van der Waals surface area contributed by atoms with Gasteiger partial charge in [-0.1, -0.05) is 12.8 Å². The summed E-state index contributed by atoms with van der Waals surface area (Å²) in [4.78, 5) is 24.8. The number of rotatable bonds is 2. The lowest BCUT2D eigenvalue weighted by atomic mass is 9.98. The molecule has 1 aliphatic carbocycles. The zero-order valence-corrected chi connectivity index (χ0v) is 10.4. The lowest BCUT2D eigenvalue weighted by Gasteiger charge is -2.23. The van der Waals surface area contributed by atoms with Crippen molar-refractivity contribution in [3.8, 4) is 0 Å². The minimum absolute atomic E-state index is 0.0937. The summed E-state index contributed by atoms with van der Waals surface area (Å²) in [6.45, 7) is 0.539. The molecule has 1 aromatic heterocycles. The highest BCUT2D eigenvalue weighted by Gasteiger charge is 2.42. The van der Waals surface area contributed by atoms with E-state index < -0.39 is 0 Å². The van der Waals surface area contributed by atoms with Gasteiger partial charge in [0.2, 0.25) is 0 Å².